The molecule has 0 unspecified atom stereocenters. The van der Waals surface area contributed by atoms with Crippen molar-refractivity contribution in [1.82, 2.24) is 0 Å². The van der Waals surface area contributed by atoms with Gasteiger partial charge in [-0.2, -0.15) is 0 Å². The number of anilines is 2. The van der Waals surface area contributed by atoms with E-state index >= 15 is 0 Å². The van der Waals surface area contributed by atoms with Gasteiger partial charge in [-0.1, -0.05) is 39.1 Å². The van der Waals surface area contributed by atoms with Crippen LogP contribution in [0.4, 0.5) is 15.8 Å². The first kappa shape index (κ1) is 15.5. The normalized spacial score (nSPS) is 10.2. The van der Waals surface area contributed by atoms with Gasteiger partial charge >= 0.3 is 0 Å². The molecule has 0 aliphatic rings. The highest BCUT2D eigenvalue weighted by molar-refractivity contribution is 9.10. The van der Waals surface area contributed by atoms with Crippen LogP contribution in [0.1, 0.15) is 0 Å². The second-order valence-electron chi connectivity index (χ2n) is 3.83. The Hall–Kier alpha value is -0.880. The minimum Gasteiger partial charge on any atom is -0.332 e. The number of nitrogens with one attached hydrogen (secondary N) is 2. The Morgan fingerprint density at radius 2 is 1.80 bits per heavy atom. The highest BCUT2D eigenvalue weighted by Gasteiger charge is 2.06. The summed E-state index contributed by atoms with van der Waals surface area (Å²) >= 11 is 20.0. The lowest BCUT2D eigenvalue weighted by atomic mass is 10.3. The third-order valence-electron chi connectivity index (χ3n) is 2.36. The van der Waals surface area contributed by atoms with Crippen LogP contribution in [0.5, 0.6) is 0 Å². The lowest BCUT2D eigenvalue weighted by Gasteiger charge is -2.12. The molecule has 104 valence electrons. The summed E-state index contributed by atoms with van der Waals surface area (Å²) in [4.78, 5) is 0. The summed E-state index contributed by atoms with van der Waals surface area (Å²) in [6.45, 7) is 0. The zero-order valence-corrected chi connectivity index (χ0v) is 13.8. The third-order valence-corrected chi connectivity index (χ3v) is 3.79. The molecule has 2 rings (SSSR count). The molecule has 7 heteroatoms. The number of halogens is 4. The van der Waals surface area contributed by atoms with Crippen molar-refractivity contribution in [2.75, 3.05) is 10.6 Å². The molecule has 0 aliphatic heterocycles. The Balaban J connectivity index is 2.07. The molecule has 0 spiro atoms. The summed E-state index contributed by atoms with van der Waals surface area (Å²) in [5.74, 6) is -0.405. The van der Waals surface area contributed by atoms with Gasteiger partial charge in [0, 0.05) is 10.2 Å². The van der Waals surface area contributed by atoms with Crippen LogP contribution in [-0.2, 0) is 0 Å². The maximum atomic E-state index is 13.6. The Morgan fingerprint density at radius 1 is 1.05 bits per heavy atom. The summed E-state index contributed by atoms with van der Waals surface area (Å²) in [5, 5.41) is 6.79. The Kier molecular flexibility index (Phi) is 5.21. The monoisotopic (exact) mass is 392 g/mol. The van der Waals surface area contributed by atoms with Gasteiger partial charge in [-0.3, -0.25) is 0 Å². The molecule has 0 saturated heterocycles. The largest absolute Gasteiger partial charge is 0.332 e. The fraction of sp³-hybridized carbons (Fsp3) is 0. The van der Waals surface area contributed by atoms with Crippen LogP contribution < -0.4 is 10.6 Å². The number of rotatable bonds is 2. The highest BCUT2D eigenvalue weighted by atomic mass is 79.9. The first-order valence-corrected chi connectivity index (χ1v) is 7.39. The Morgan fingerprint density at radius 3 is 2.45 bits per heavy atom. The van der Waals surface area contributed by atoms with Crippen molar-refractivity contribution in [3.63, 3.8) is 0 Å². The predicted molar refractivity (Wildman–Crippen MR) is 90.4 cm³/mol. The zero-order valence-electron chi connectivity index (χ0n) is 9.88. The molecule has 0 heterocycles. The lowest BCUT2D eigenvalue weighted by molar-refractivity contribution is 0.631. The van der Waals surface area contributed by atoms with Crippen molar-refractivity contribution in [2.45, 2.75) is 0 Å². The molecular formula is C13H8BrCl2FN2S. The lowest BCUT2D eigenvalue weighted by Crippen LogP contribution is -2.19. The van der Waals surface area contributed by atoms with E-state index in [9.17, 15) is 4.39 Å². The summed E-state index contributed by atoms with van der Waals surface area (Å²) < 4.78 is 14.3. The number of hydrogen-bond donors (Lipinski definition) is 2. The highest BCUT2D eigenvalue weighted by Crippen LogP contribution is 2.25. The molecule has 0 fully saturated rings. The maximum Gasteiger partial charge on any atom is 0.175 e. The summed E-state index contributed by atoms with van der Waals surface area (Å²) in [7, 11) is 0. The molecule has 20 heavy (non-hydrogen) atoms. The second-order valence-corrected chi connectivity index (χ2v) is 5.97. The Labute approximate surface area is 139 Å². The van der Waals surface area contributed by atoms with Crippen LogP contribution in [0.25, 0.3) is 0 Å². The van der Waals surface area contributed by atoms with Crippen LogP contribution in [0.15, 0.2) is 40.9 Å². The molecule has 2 N–H and O–H groups in total. The van der Waals surface area contributed by atoms with Crippen molar-refractivity contribution in [3.05, 3.63) is 56.7 Å². The Bertz CT molecular complexity index is 667. The van der Waals surface area contributed by atoms with Crippen molar-refractivity contribution in [3.8, 4) is 0 Å². The van der Waals surface area contributed by atoms with E-state index in [0.29, 0.717) is 20.2 Å². The number of benzene rings is 2. The van der Waals surface area contributed by atoms with Crippen LogP contribution in [0.3, 0.4) is 0 Å². The molecule has 0 radical (unpaired) electrons. The van der Waals surface area contributed by atoms with E-state index in [1.54, 1.807) is 30.3 Å². The smallest absolute Gasteiger partial charge is 0.175 e. The van der Waals surface area contributed by atoms with Gasteiger partial charge in [0.25, 0.3) is 0 Å². The molecule has 2 aromatic carbocycles. The van der Waals surface area contributed by atoms with E-state index in [-0.39, 0.29) is 10.8 Å². The minimum atomic E-state index is -0.405. The van der Waals surface area contributed by atoms with Crippen LogP contribution in [0.2, 0.25) is 10.0 Å². The fourth-order valence-electron chi connectivity index (χ4n) is 1.45. The van der Waals surface area contributed by atoms with Crippen molar-refractivity contribution in [1.29, 1.82) is 0 Å². The summed E-state index contributed by atoms with van der Waals surface area (Å²) in [5.41, 5.74) is 0.945. The molecule has 0 atom stereocenters. The predicted octanol–water partition coefficient (Wildman–Crippen LogP) is 5.70. The fourth-order valence-corrected chi connectivity index (χ4v) is 2.31. The van der Waals surface area contributed by atoms with E-state index in [1.807, 2.05) is 0 Å². The van der Waals surface area contributed by atoms with Gasteiger partial charge < -0.3 is 10.6 Å². The molecule has 0 bridgehead atoms. The van der Waals surface area contributed by atoms with Gasteiger partial charge in [-0.25, -0.2) is 4.39 Å². The van der Waals surface area contributed by atoms with Gasteiger partial charge in [-0.15, -0.1) is 0 Å². The van der Waals surface area contributed by atoms with Gasteiger partial charge in [0.1, 0.15) is 5.82 Å². The first-order chi connectivity index (χ1) is 9.45. The van der Waals surface area contributed by atoms with E-state index < -0.39 is 5.82 Å². The zero-order chi connectivity index (χ0) is 14.7. The molecule has 0 aromatic heterocycles. The van der Waals surface area contributed by atoms with E-state index in [2.05, 4.69) is 26.6 Å². The van der Waals surface area contributed by atoms with Gasteiger partial charge in [0.2, 0.25) is 0 Å². The van der Waals surface area contributed by atoms with E-state index in [4.69, 9.17) is 35.4 Å². The standard InChI is InChI=1S/C13H8BrCl2FN2S/c14-7-1-4-12(11(17)5-7)19-13(20)18-8-2-3-9(15)10(16)6-8/h1-6H,(H2,18,19,20). The molecule has 2 aromatic rings. The molecule has 0 saturated carbocycles. The van der Waals surface area contributed by atoms with Gasteiger partial charge in [0.15, 0.2) is 5.11 Å². The van der Waals surface area contributed by atoms with Crippen molar-refractivity contribution in [2.24, 2.45) is 0 Å². The van der Waals surface area contributed by atoms with Gasteiger partial charge in [-0.05, 0) is 48.6 Å². The SMILES string of the molecule is Fc1cc(Br)ccc1NC(=S)Nc1ccc(Cl)c(Cl)c1. The second kappa shape index (κ2) is 6.72. The summed E-state index contributed by atoms with van der Waals surface area (Å²) in [6, 6.07) is 9.66. The third kappa shape index (κ3) is 4.06. The van der Waals surface area contributed by atoms with Gasteiger partial charge in [0.05, 0.1) is 15.7 Å². The minimum absolute atomic E-state index is 0.254. The van der Waals surface area contributed by atoms with Crippen molar-refractivity contribution >= 4 is 67.8 Å². The number of thiocarbonyl (C=S) groups is 1. The molecule has 0 aliphatic carbocycles. The average Bonchev–Trinajstić information content (AvgIpc) is 2.37. The first-order valence-electron chi connectivity index (χ1n) is 5.44. The van der Waals surface area contributed by atoms with Crippen LogP contribution in [-0.4, -0.2) is 5.11 Å². The number of hydrogen-bond acceptors (Lipinski definition) is 1. The van der Waals surface area contributed by atoms with Crippen LogP contribution >= 0.6 is 51.3 Å². The van der Waals surface area contributed by atoms with Crippen LogP contribution in [0, 0.1) is 5.82 Å². The van der Waals surface area contributed by atoms with E-state index in [0.717, 1.165) is 0 Å². The molecule has 2 nitrogen and oxygen atoms in total. The summed E-state index contributed by atoms with van der Waals surface area (Å²) in [6.07, 6.45) is 0. The average molecular weight is 394 g/mol. The quantitative estimate of drug-likeness (QED) is 0.639. The van der Waals surface area contributed by atoms with Crippen molar-refractivity contribution < 1.29 is 4.39 Å². The maximum absolute atomic E-state index is 13.6. The van der Waals surface area contributed by atoms with E-state index in [1.165, 1.54) is 6.07 Å². The topological polar surface area (TPSA) is 24.1 Å². The molecular weight excluding hydrogens is 386 g/mol. The molecule has 0 amide bonds.